The zero-order valence-electron chi connectivity index (χ0n) is 15.0. The van der Waals surface area contributed by atoms with Crippen molar-refractivity contribution in [2.45, 2.75) is 26.5 Å². The van der Waals surface area contributed by atoms with Crippen LogP contribution in [0.2, 0.25) is 0 Å². The summed E-state index contributed by atoms with van der Waals surface area (Å²) in [6.45, 7) is 3.83. The summed E-state index contributed by atoms with van der Waals surface area (Å²) in [5.41, 5.74) is 1.41. The number of nitro groups is 1. The average Bonchev–Trinajstić information content (AvgIpc) is 2.65. The number of nitro benzene ring substituents is 1. The standard InChI is InChI=1S/C20H19N3O4/c1-14(2)22-20(24)17(12-21)10-15-6-8-19(9-7-15)27-13-16-4-3-5-18(11-16)23(25)26/h3-11,14H,13H2,1-2H3,(H,22,24)/b17-10-. The molecule has 2 aromatic carbocycles. The first-order valence-corrected chi connectivity index (χ1v) is 8.28. The Bertz CT molecular complexity index is 896. The number of carbonyl (C=O) groups is 1. The molecule has 7 nitrogen and oxygen atoms in total. The number of hydrogen-bond donors (Lipinski definition) is 1. The minimum atomic E-state index is -0.452. The summed E-state index contributed by atoms with van der Waals surface area (Å²) in [6.07, 6.45) is 1.50. The van der Waals surface area contributed by atoms with Gasteiger partial charge in [-0.15, -0.1) is 0 Å². The molecule has 138 valence electrons. The van der Waals surface area contributed by atoms with Crippen molar-refractivity contribution in [2.24, 2.45) is 0 Å². The predicted octanol–water partition coefficient (Wildman–Crippen LogP) is 3.61. The van der Waals surface area contributed by atoms with Crippen LogP contribution in [0.1, 0.15) is 25.0 Å². The SMILES string of the molecule is CC(C)NC(=O)/C(C#N)=C\c1ccc(OCc2cccc([N+](=O)[O-])c2)cc1. The van der Waals surface area contributed by atoms with Crippen molar-refractivity contribution in [3.05, 3.63) is 75.3 Å². The van der Waals surface area contributed by atoms with Gasteiger partial charge in [0.1, 0.15) is 24.0 Å². The number of nitrogens with one attached hydrogen (secondary N) is 1. The number of carbonyl (C=O) groups excluding carboxylic acids is 1. The summed E-state index contributed by atoms with van der Waals surface area (Å²) in [4.78, 5) is 22.3. The van der Waals surface area contributed by atoms with Gasteiger partial charge in [0.25, 0.3) is 11.6 Å². The summed E-state index contributed by atoms with van der Waals surface area (Å²) < 4.78 is 5.63. The number of benzene rings is 2. The highest BCUT2D eigenvalue weighted by Crippen LogP contribution is 2.18. The van der Waals surface area contributed by atoms with Crippen molar-refractivity contribution in [3.63, 3.8) is 0 Å². The molecule has 0 bridgehead atoms. The number of rotatable bonds is 7. The second-order valence-electron chi connectivity index (χ2n) is 6.08. The summed E-state index contributed by atoms with van der Waals surface area (Å²) >= 11 is 0. The topological polar surface area (TPSA) is 105 Å². The number of nitriles is 1. The van der Waals surface area contributed by atoms with Crippen molar-refractivity contribution >= 4 is 17.7 Å². The largest absolute Gasteiger partial charge is 0.489 e. The zero-order chi connectivity index (χ0) is 19.8. The highest BCUT2D eigenvalue weighted by molar-refractivity contribution is 6.01. The maximum Gasteiger partial charge on any atom is 0.269 e. The maximum atomic E-state index is 11.9. The molecule has 0 unspecified atom stereocenters. The van der Waals surface area contributed by atoms with Crippen LogP contribution in [0, 0.1) is 21.4 Å². The Balaban J connectivity index is 2.03. The quantitative estimate of drug-likeness (QED) is 0.349. The lowest BCUT2D eigenvalue weighted by Crippen LogP contribution is -2.30. The van der Waals surface area contributed by atoms with E-state index in [0.29, 0.717) is 16.9 Å². The van der Waals surface area contributed by atoms with Crippen molar-refractivity contribution in [3.8, 4) is 11.8 Å². The average molecular weight is 365 g/mol. The van der Waals surface area contributed by atoms with Crippen LogP contribution in [0.4, 0.5) is 5.69 Å². The summed E-state index contributed by atoms with van der Waals surface area (Å²) in [5, 5.41) is 22.6. The molecule has 0 atom stereocenters. The molecule has 2 rings (SSSR count). The fraction of sp³-hybridized carbons (Fsp3) is 0.200. The van der Waals surface area contributed by atoms with Gasteiger partial charge in [-0.05, 0) is 43.2 Å². The molecule has 0 spiro atoms. The van der Waals surface area contributed by atoms with E-state index in [1.807, 2.05) is 19.9 Å². The first-order valence-electron chi connectivity index (χ1n) is 8.28. The molecule has 1 amide bonds. The lowest BCUT2D eigenvalue weighted by Gasteiger charge is -2.08. The summed E-state index contributed by atoms with van der Waals surface area (Å²) in [6, 6.07) is 14.9. The van der Waals surface area contributed by atoms with Gasteiger partial charge in [-0.3, -0.25) is 14.9 Å². The molecule has 2 aromatic rings. The van der Waals surface area contributed by atoms with Crippen LogP contribution in [-0.4, -0.2) is 16.9 Å². The third-order valence-corrected chi connectivity index (χ3v) is 3.50. The molecule has 0 aliphatic heterocycles. The smallest absolute Gasteiger partial charge is 0.269 e. The van der Waals surface area contributed by atoms with Crippen molar-refractivity contribution in [1.82, 2.24) is 5.32 Å². The molecular weight excluding hydrogens is 346 g/mol. The molecule has 0 fully saturated rings. The molecule has 27 heavy (non-hydrogen) atoms. The van der Waals surface area contributed by atoms with Crippen LogP contribution in [0.3, 0.4) is 0 Å². The first kappa shape index (κ1) is 19.7. The molecule has 0 aliphatic rings. The van der Waals surface area contributed by atoms with Crippen LogP contribution in [0.15, 0.2) is 54.1 Å². The molecule has 0 radical (unpaired) electrons. The van der Waals surface area contributed by atoms with Gasteiger partial charge >= 0.3 is 0 Å². The molecule has 7 heteroatoms. The normalized spacial score (nSPS) is 11.0. The van der Waals surface area contributed by atoms with E-state index in [1.165, 1.54) is 18.2 Å². The monoisotopic (exact) mass is 365 g/mol. The fourth-order valence-electron chi connectivity index (χ4n) is 2.24. The second-order valence-corrected chi connectivity index (χ2v) is 6.08. The molecule has 0 saturated heterocycles. The van der Waals surface area contributed by atoms with Gasteiger partial charge < -0.3 is 10.1 Å². The molecule has 0 saturated carbocycles. The van der Waals surface area contributed by atoms with Gasteiger partial charge in [0, 0.05) is 18.2 Å². The van der Waals surface area contributed by atoms with Crippen molar-refractivity contribution in [1.29, 1.82) is 5.26 Å². The molecular formula is C20H19N3O4. The highest BCUT2D eigenvalue weighted by Gasteiger charge is 2.10. The Morgan fingerprint density at radius 3 is 2.59 bits per heavy atom. The maximum absolute atomic E-state index is 11.9. The van der Waals surface area contributed by atoms with E-state index >= 15 is 0 Å². The number of non-ortho nitro benzene ring substituents is 1. The van der Waals surface area contributed by atoms with Crippen LogP contribution in [0.5, 0.6) is 5.75 Å². The van der Waals surface area contributed by atoms with E-state index in [2.05, 4.69) is 5.32 Å². The molecule has 0 aliphatic carbocycles. The number of hydrogen-bond acceptors (Lipinski definition) is 5. The number of amides is 1. The fourth-order valence-corrected chi connectivity index (χ4v) is 2.24. The van der Waals surface area contributed by atoms with Crippen LogP contribution in [0.25, 0.3) is 6.08 Å². The van der Waals surface area contributed by atoms with Crippen molar-refractivity contribution < 1.29 is 14.5 Å². The Hall–Kier alpha value is -3.66. The lowest BCUT2D eigenvalue weighted by molar-refractivity contribution is -0.384. The Morgan fingerprint density at radius 2 is 2.00 bits per heavy atom. The third-order valence-electron chi connectivity index (χ3n) is 3.50. The number of nitrogens with zero attached hydrogens (tertiary/aromatic N) is 2. The van der Waals surface area contributed by atoms with E-state index in [9.17, 15) is 14.9 Å². The minimum Gasteiger partial charge on any atom is -0.489 e. The lowest BCUT2D eigenvalue weighted by atomic mass is 10.1. The van der Waals surface area contributed by atoms with Gasteiger partial charge in [-0.25, -0.2) is 0 Å². The summed E-state index contributed by atoms with van der Waals surface area (Å²) in [5.74, 6) is 0.155. The third kappa shape index (κ3) is 5.97. The Labute approximate surface area is 157 Å². The van der Waals surface area contributed by atoms with E-state index in [1.54, 1.807) is 36.4 Å². The number of ether oxygens (including phenoxy) is 1. The van der Waals surface area contributed by atoms with E-state index in [-0.39, 0.29) is 23.9 Å². The zero-order valence-corrected chi connectivity index (χ0v) is 15.0. The van der Waals surface area contributed by atoms with Gasteiger partial charge in [-0.2, -0.15) is 5.26 Å². The predicted molar refractivity (Wildman–Crippen MR) is 101 cm³/mol. The first-order chi connectivity index (χ1) is 12.9. The molecule has 0 aromatic heterocycles. The van der Waals surface area contributed by atoms with Crippen molar-refractivity contribution in [2.75, 3.05) is 0 Å². The second kappa shape index (κ2) is 9.15. The van der Waals surface area contributed by atoms with Crippen LogP contribution >= 0.6 is 0 Å². The Morgan fingerprint density at radius 1 is 1.30 bits per heavy atom. The van der Waals surface area contributed by atoms with E-state index < -0.39 is 10.8 Å². The van der Waals surface area contributed by atoms with Gasteiger partial charge in [-0.1, -0.05) is 24.3 Å². The van der Waals surface area contributed by atoms with E-state index in [4.69, 9.17) is 10.00 Å². The molecule has 1 N–H and O–H groups in total. The summed E-state index contributed by atoms with van der Waals surface area (Å²) in [7, 11) is 0. The highest BCUT2D eigenvalue weighted by atomic mass is 16.6. The Kier molecular flexibility index (Phi) is 6.67. The van der Waals surface area contributed by atoms with E-state index in [0.717, 1.165) is 0 Å². The minimum absolute atomic E-state index is 0.0142. The molecule has 0 heterocycles. The van der Waals surface area contributed by atoms with Crippen LogP contribution < -0.4 is 10.1 Å². The van der Waals surface area contributed by atoms with Gasteiger partial charge in [0.15, 0.2) is 0 Å². The van der Waals surface area contributed by atoms with Gasteiger partial charge in [0.05, 0.1) is 4.92 Å². The van der Waals surface area contributed by atoms with Crippen LogP contribution in [-0.2, 0) is 11.4 Å². The van der Waals surface area contributed by atoms with Gasteiger partial charge in [0.2, 0.25) is 0 Å².